The number of carbonyl (C=O) groups excluding carboxylic acids is 1. The minimum atomic E-state index is -0.839. The number of ether oxygens (including phenoxy) is 1. The molecule has 0 bridgehead atoms. The van der Waals surface area contributed by atoms with E-state index in [1.807, 2.05) is 0 Å². The molecule has 4 N–H and O–H groups in total. The first-order valence-electron chi connectivity index (χ1n) is 6.13. The molecule has 0 aromatic heterocycles. The molecule has 8 heteroatoms. The number of hydrogen-bond acceptors (Lipinski definition) is 6. The van der Waals surface area contributed by atoms with E-state index in [4.69, 9.17) is 24.5 Å². The van der Waals surface area contributed by atoms with Crippen LogP contribution in [0.15, 0.2) is 12.2 Å². The van der Waals surface area contributed by atoms with Crippen molar-refractivity contribution in [3.05, 3.63) is 12.2 Å². The maximum absolute atomic E-state index is 10.5. The lowest BCUT2D eigenvalue weighted by Crippen LogP contribution is -2.37. The average molecular weight is 306 g/mol. The summed E-state index contributed by atoms with van der Waals surface area (Å²) in [7, 11) is 0. The van der Waals surface area contributed by atoms with Crippen LogP contribution in [0.25, 0.3) is 0 Å². The summed E-state index contributed by atoms with van der Waals surface area (Å²) in [5.74, 6) is -2.22. The lowest BCUT2D eigenvalue weighted by molar-refractivity contribution is -0.144. The molecule has 0 saturated heterocycles. The summed E-state index contributed by atoms with van der Waals surface area (Å²) in [6.07, 6.45) is 2.30. The van der Waals surface area contributed by atoms with Crippen molar-refractivity contribution in [2.24, 2.45) is 5.92 Å². The monoisotopic (exact) mass is 306 g/mol. The van der Waals surface area contributed by atoms with Gasteiger partial charge in [0.2, 0.25) is 0 Å². The molecule has 0 spiro atoms. The molecule has 122 valence electrons. The predicted molar refractivity (Wildman–Crippen MR) is 72.5 cm³/mol. The van der Waals surface area contributed by atoms with E-state index < -0.39 is 24.1 Å². The lowest BCUT2D eigenvalue weighted by atomic mass is 9.90. The van der Waals surface area contributed by atoms with Gasteiger partial charge in [0, 0.05) is 26.7 Å². The second-order valence-corrected chi connectivity index (χ2v) is 4.25. The highest BCUT2D eigenvalue weighted by atomic mass is 16.5. The van der Waals surface area contributed by atoms with Crippen LogP contribution in [0.4, 0.5) is 0 Å². The van der Waals surface area contributed by atoms with Gasteiger partial charge < -0.3 is 25.2 Å². The predicted octanol–water partition coefficient (Wildman–Crippen LogP) is 0.0292. The smallest absolute Gasteiger partial charge is 0.302 e. The van der Waals surface area contributed by atoms with Crippen LogP contribution < -0.4 is 0 Å². The minimum Gasteiger partial charge on any atom is -0.481 e. The van der Waals surface area contributed by atoms with E-state index in [-0.39, 0.29) is 18.5 Å². The number of carboxylic acid groups (broad SMARTS) is 2. The first-order chi connectivity index (χ1) is 9.57. The average Bonchev–Trinajstić information content (AvgIpc) is 2.29. The number of aliphatic hydroxyl groups excluding tert-OH is 2. The Hall–Kier alpha value is -1.93. The first kappa shape index (κ1) is 21.4. The van der Waals surface area contributed by atoms with E-state index in [1.54, 1.807) is 12.2 Å². The zero-order chi connectivity index (χ0) is 17.0. The zero-order valence-corrected chi connectivity index (χ0v) is 12.2. The van der Waals surface area contributed by atoms with Gasteiger partial charge in [-0.3, -0.25) is 14.4 Å². The second-order valence-electron chi connectivity index (χ2n) is 4.25. The van der Waals surface area contributed by atoms with Crippen molar-refractivity contribution in [3.8, 4) is 0 Å². The van der Waals surface area contributed by atoms with Crippen molar-refractivity contribution in [1.29, 1.82) is 0 Å². The number of aliphatic carboxylic acids is 2. The number of esters is 1. The number of aliphatic hydroxyl groups is 2. The van der Waals surface area contributed by atoms with Gasteiger partial charge in [-0.2, -0.15) is 0 Å². The van der Waals surface area contributed by atoms with Crippen LogP contribution in [0.3, 0.4) is 0 Å². The fourth-order valence-electron chi connectivity index (χ4n) is 1.32. The van der Waals surface area contributed by atoms with E-state index in [9.17, 15) is 15.0 Å². The van der Waals surface area contributed by atoms with Crippen molar-refractivity contribution in [3.63, 3.8) is 0 Å². The molecular weight excluding hydrogens is 284 g/mol. The third-order valence-corrected chi connectivity index (χ3v) is 2.11. The van der Waals surface area contributed by atoms with E-state index in [0.29, 0.717) is 6.42 Å². The van der Waals surface area contributed by atoms with Crippen molar-refractivity contribution < 1.29 is 39.5 Å². The third-order valence-electron chi connectivity index (χ3n) is 2.11. The Balaban J connectivity index is 0. The number of carbonyl (C=O) groups is 3. The summed E-state index contributed by atoms with van der Waals surface area (Å²) < 4.78 is 4.76. The van der Waals surface area contributed by atoms with Crippen LogP contribution in [0, 0.1) is 5.92 Å². The van der Waals surface area contributed by atoms with Gasteiger partial charge in [0.25, 0.3) is 11.9 Å². The summed E-state index contributed by atoms with van der Waals surface area (Å²) in [6.45, 7) is 3.65. The molecule has 0 unspecified atom stereocenters. The van der Waals surface area contributed by atoms with E-state index in [2.05, 4.69) is 0 Å². The van der Waals surface area contributed by atoms with Gasteiger partial charge in [-0.05, 0) is 6.42 Å². The quantitative estimate of drug-likeness (QED) is 0.413. The fourth-order valence-corrected chi connectivity index (χ4v) is 1.32. The van der Waals surface area contributed by atoms with Crippen LogP contribution in [0.1, 0.15) is 27.2 Å². The molecular formula is C13H22O8. The molecule has 0 radical (unpaired) electrons. The van der Waals surface area contributed by atoms with Gasteiger partial charge in [-0.15, -0.1) is 0 Å². The summed E-state index contributed by atoms with van der Waals surface area (Å²) in [4.78, 5) is 28.5. The molecule has 3 atom stereocenters. The maximum atomic E-state index is 10.5. The molecule has 1 aliphatic carbocycles. The van der Waals surface area contributed by atoms with Crippen molar-refractivity contribution in [2.45, 2.75) is 39.4 Å². The highest BCUT2D eigenvalue weighted by molar-refractivity contribution is 5.65. The van der Waals surface area contributed by atoms with Crippen molar-refractivity contribution >= 4 is 17.9 Å². The Morgan fingerprint density at radius 2 is 1.52 bits per heavy atom. The summed E-state index contributed by atoms with van der Waals surface area (Å²) in [5.41, 5.74) is 0. The first-order valence-corrected chi connectivity index (χ1v) is 6.13. The number of rotatable bonds is 2. The van der Waals surface area contributed by atoms with Crippen LogP contribution in [-0.4, -0.2) is 57.1 Å². The minimum absolute atomic E-state index is 0.165. The topological polar surface area (TPSA) is 141 Å². The zero-order valence-electron chi connectivity index (χ0n) is 12.2. The van der Waals surface area contributed by atoms with Gasteiger partial charge in [0.15, 0.2) is 0 Å². The Morgan fingerprint density at radius 3 is 1.90 bits per heavy atom. The molecule has 0 aromatic rings. The number of carboxylic acids is 2. The molecule has 1 aliphatic rings. The molecule has 0 fully saturated rings. The molecule has 0 aromatic carbocycles. The Kier molecular flexibility index (Phi) is 12.1. The Morgan fingerprint density at radius 1 is 1.10 bits per heavy atom. The second kappa shape index (κ2) is 11.9. The molecule has 0 aliphatic heterocycles. The summed E-state index contributed by atoms with van der Waals surface area (Å²) in [5, 5.41) is 33.5. The van der Waals surface area contributed by atoms with Gasteiger partial charge in [0.1, 0.15) is 0 Å². The van der Waals surface area contributed by atoms with E-state index in [0.717, 1.165) is 13.8 Å². The maximum Gasteiger partial charge on any atom is 0.302 e. The van der Waals surface area contributed by atoms with Gasteiger partial charge >= 0.3 is 5.97 Å². The highest BCUT2D eigenvalue weighted by Crippen LogP contribution is 2.19. The van der Waals surface area contributed by atoms with Crippen LogP contribution in [0.2, 0.25) is 0 Å². The largest absolute Gasteiger partial charge is 0.481 e. The Labute approximate surface area is 122 Å². The van der Waals surface area contributed by atoms with Crippen molar-refractivity contribution in [1.82, 2.24) is 0 Å². The SMILES string of the molecule is CC(=O)O.CC(=O)O.CC(=O)OC[C@@H]1CC=C[C@H](O)[C@@H]1O. The standard InChI is InChI=1S/C9H14O4.2C2H4O2/c1-6(10)13-5-7-3-2-4-8(11)9(7)12;2*1-2(3)4/h2,4,7-9,11-12H,3,5H2,1H3;2*1H3,(H,3,4)/t7-,8-,9+;;/m0../s1. The van der Waals surface area contributed by atoms with Crippen LogP contribution in [-0.2, 0) is 19.1 Å². The number of hydrogen-bond donors (Lipinski definition) is 4. The number of allylic oxidation sites excluding steroid dienone is 1. The summed E-state index contributed by atoms with van der Waals surface area (Å²) >= 11 is 0. The van der Waals surface area contributed by atoms with E-state index >= 15 is 0 Å². The molecule has 0 heterocycles. The molecule has 0 amide bonds. The molecule has 21 heavy (non-hydrogen) atoms. The van der Waals surface area contributed by atoms with Gasteiger partial charge in [-0.1, -0.05) is 12.2 Å². The van der Waals surface area contributed by atoms with E-state index in [1.165, 1.54) is 6.92 Å². The van der Waals surface area contributed by atoms with Crippen LogP contribution in [0.5, 0.6) is 0 Å². The van der Waals surface area contributed by atoms with Gasteiger partial charge in [0.05, 0.1) is 18.8 Å². The Bertz CT molecular complexity index is 343. The fraction of sp³-hybridized carbons (Fsp3) is 0.615. The molecule has 0 saturated carbocycles. The lowest BCUT2D eigenvalue weighted by Gasteiger charge is -2.27. The van der Waals surface area contributed by atoms with Gasteiger partial charge in [-0.25, -0.2) is 0 Å². The highest BCUT2D eigenvalue weighted by Gasteiger charge is 2.27. The molecule has 8 nitrogen and oxygen atoms in total. The molecule has 1 rings (SSSR count). The summed E-state index contributed by atoms with van der Waals surface area (Å²) in [6, 6.07) is 0. The van der Waals surface area contributed by atoms with Crippen molar-refractivity contribution in [2.75, 3.05) is 6.61 Å². The normalized spacial score (nSPS) is 22.8. The third kappa shape index (κ3) is 16.0. The van der Waals surface area contributed by atoms with Crippen LogP contribution >= 0.6 is 0 Å².